The first-order chi connectivity index (χ1) is 9.49. The summed E-state index contributed by atoms with van der Waals surface area (Å²) in [6.45, 7) is 3.99. The summed E-state index contributed by atoms with van der Waals surface area (Å²) < 4.78 is 5.56. The van der Waals surface area contributed by atoms with E-state index in [0.29, 0.717) is 5.75 Å². The highest BCUT2D eigenvalue weighted by atomic mass is 16.5. The predicted octanol–water partition coefficient (Wildman–Crippen LogP) is 1.19. The number of β-amino-alcohol motifs (C(OH)–C–C–N with tert-alkyl or cyclic N) is 1. The van der Waals surface area contributed by atoms with Gasteiger partial charge in [0.1, 0.15) is 18.5 Å². The highest BCUT2D eigenvalue weighted by Crippen LogP contribution is 2.21. The number of aryl methyl sites for hydroxylation is 1. The molecule has 2 amide bonds. The fraction of sp³-hybridized carbons (Fsp3) is 0.467. The van der Waals surface area contributed by atoms with Crippen molar-refractivity contribution in [3.63, 3.8) is 0 Å². The molecule has 1 fully saturated rings. The SMILES string of the molecule is Cc1cccc(OCC(O)CN2C(=O)CCC2=O)c1C. The number of nitrogens with zero attached hydrogens (tertiary/aromatic N) is 1. The molecule has 2 rings (SSSR count). The molecule has 0 saturated carbocycles. The van der Waals surface area contributed by atoms with E-state index in [0.717, 1.165) is 16.0 Å². The number of amides is 2. The third-order valence-corrected chi connectivity index (χ3v) is 3.53. The Morgan fingerprint density at radius 1 is 1.25 bits per heavy atom. The third-order valence-electron chi connectivity index (χ3n) is 3.53. The zero-order chi connectivity index (χ0) is 14.7. The first kappa shape index (κ1) is 14.5. The Morgan fingerprint density at radius 2 is 1.90 bits per heavy atom. The van der Waals surface area contributed by atoms with Crippen LogP contribution in [0.4, 0.5) is 0 Å². The van der Waals surface area contributed by atoms with Crippen molar-refractivity contribution in [2.75, 3.05) is 13.2 Å². The molecule has 1 aliphatic rings. The fourth-order valence-corrected chi connectivity index (χ4v) is 2.16. The number of carbonyl (C=O) groups excluding carboxylic acids is 2. The molecule has 0 bridgehead atoms. The van der Waals surface area contributed by atoms with Crippen LogP contribution < -0.4 is 4.74 Å². The molecule has 1 aromatic rings. The first-order valence-corrected chi connectivity index (χ1v) is 6.69. The van der Waals surface area contributed by atoms with Gasteiger partial charge in [0, 0.05) is 12.8 Å². The second-order valence-electron chi connectivity index (χ2n) is 5.06. The molecular formula is C15H19NO4. The molecule has 5 nitrogen and oxygen atoms in total. The zero-order valence-corrected chi connectivity index (χ0v) is 11.8. The molecule has 0 radical (unpaired) electrons. The minimum atomic E-state index is -0.874. The largest absolute Gasteiger partial charge is 0.491 e. The molecule has 0 aromatic heterocycles. The zero-order valence-electron chi connectivity index (χ0n) is 11.8. The fourth-order valence-electron chi connectivity index (χ4n) is 2.16. The number of aliphatic hydroxyl groups is 1. The number of hydrogen-bond donors (Lipinski definition) is 1. The van der Waals surface area contributed by atoms with Crippen molar-refractivity contribution in [2.45, 2.75) is 32.8 Å². The van der Waals surface area contributed by atoms with Crippen LogP contribution in [0.5, 0.6) is 5.75 Å². The van der Waals surface area contributed by atoms with Crippen molar-refractivity contribution in [1.82, 2.24) is 4.90 Å². The van der Waals surface area contributed by atoms with Crippen LogP contribution in [0.15, 0.2) is 18.2 Å². The summed E-state index contributed by atoms with van der Waals surface area (Å²) in [6.07, 6.45) is -0.395. The van der Waals surface area contributed by atoms with Crippen LogP contribution in [0.2, 0.25) is 0 Å². The van der Waals surface area contributed by atoms with Crippen LogP contribution in [0.3, 0.4) is 0 Å². The summed E-state index contributed by atoms with van der Waals surface area (Å²) in [5.41, 5.74) is 2.13. The lowest BCUT2D eigenvalue weighted by Gasteiger charge is -2.19. The standard InChI is InChI=1S/C15H19NO4/c1-10-4-3-5-13(11(10)2)20-9-12(17)8-16-14(18)6-7-15(16)19/h3-5,12,17H,6-9H2,1-2H3. The van der Waals surface area contributed by atoms with Gasteiger partial charge < -0.3 is 9.84 Å². The molecule has 1 unspecified atom stereocenters. The average Bonchev–Trinajstić information content (AvgIpc) is 2.72. The summed E-state index contributed by atoms with van der Waals surface area (Å²) in [6, 6.07) is 5.71. The van der Waals surface area contributed by atoms with Crippen LogP contribution in [-0.2, 0) is 9.59 Å². The lowest BCUT2D eigenvalue weighted by atomic mass is 10.1. The van der Waals surface area contributed by atoms with Gasteiger partial charge in [-0.05, 0) is 31.0 Å². The highest BCUT2D eigenvalue weighted by Gasteiger charge is 2.30. The topological polar surface area (TPSA) is 66.8 Å². The van der Waals surface area contributed by atoms with Crippen molar-refractivity contribution < 1.29 is 19.4 Å². The smallest absolute Gasteiger partial charge is 0.229 e. The lowest BCUT2D eigenvalue weighted by molar-refractivity contribution is -0.140. The summed E-state index contributed by atoms with van der Waals surface area (Å²) in [5, 5.41) is 9.90. The van der Waals surface area contributed by atoms with E-state index in [2.05, 4.69) is 0 Å². The van der Waals surface area contributed by atoms with Gasteiger partial charge >= 0.3 is 0 Å². The first-order valence-electron chi connectivity index (χ1n) is 6.69. The van der Waals surface area contributed by atoms with Crippen LogP contribution in [0.1, 0.15) is 24.0 Å². The summed E-state index contributed by atoms with van der Waals surface area (Å²) in [5.74, 6) is 0.268. The van der Waals surface area contributed by atoms with Crippen LogP contribution in [0, 0.1) is 13.8 Å². The summed E-state index contributed by atoms with van der Waals surface area (Å²) in [7, 11) is 0. The van der Waals surface area contributed by atoms with E-state index >= 15 is 0 Å². The van der Waals surface area contributed by atoms with Gasteiger partial charge in [0.2, 0.25) is 11.8 Å². The maximum absolute atomic E-state index is 11.4. The van der Waals surface area contributed by atoms with E-state index in [-0.39, 0.29) is 37.8 Å². The molecule has 1 N–H and O–H groups in total. The molecule has 1 aliphatic heterocycles. The number of aliphatic hydroxyl groups excluding tert-OH is 1. The minimum absolute atomic E-state index is 0.00251. The maximum Gasteiger partial charge on any atom is 0.229 e. The van der Waals surface area contributed by atoms with Gasteiger partial charge in [-0.2, -0.15) is 0 Å². The number of benzene rings is 1. The molecule has 5 heteroatoms. The summed E-state index contributed by atoms with van der Waals surface area (Å²) >= 11 is 0. The lowest BCUT2D eigenvalue weighted by Crippen LogP contribution is -2.38. The Bertz CT molecular complexity index is 511. The van der Waals surface area contributed by atoms with Gasteiger partial charge in [-0.25, -0.2) is 0 Å². The van der Waals surface area contributed by atoms with E-state index < -0.39 is 6.10 Å². The number of hydrogen-bond acceptors (Lipinski definition) is 4. The maximum atomic E-state index is 11.4. The third kappa shape index (κ3) is 3.17. The second kappa shape index (κ2) is 6.05. The molecule has 0 aliphatic carbocycles. The van der Waals surface area contributed by atoms with Gasteiger partial charge in [0.15, 0.2) is 0 Å². The quantitative estimate of drug-likeness (QED) is 0.821. The molecule has 1 atom stereocenters. The van der Waals surface area contributed by atoms with Crippen molar-refractivity contribution in [3.05, 3.63) is 29.3 Å². The number of imide groups is 1. The highest BCUT2D eigenvalue weighted by molar-refractivity contribution is 6.01. The Balaban J connectivity index is 1.89. The molecule has 0 spiro atoms. The van der Waals surface area contributed by atoms with E-state index in [1.807, 2.05) is 32.0 Å². The van der Waals surface area contributed by atoms with Crippen molar-refractivity contribution in [1.29, 1.82) is 0 Å². The van der Waals surface area contributed by atoms with Crippen molar-refractivity contribution in [2.24, 2.45) is 0 Å². The van der Waals surface area contributed by atoms with E-state index in [1.54, 1.807) is 0 Å². The molecule has 108 valence electrons. The molecule has 1 heterocycles. The van der Waals surface area contributed by atoms with Gasteiger partial charge in [0.25, 0.3) is 0 Å². The summed E-state index contributed by atoms with van der Waals surface area (Å²) in [4.78, 5) is 24.0. The Hall–Kier alpha value is -1.88. The van der Waals surface area contributed by atoms with E-state index in [1.165, 1.54) is 0 Å². The van der Waals surface area contributed by atoms with Crippen LogP contribution in [0.25, 0.3) is 0 Å². The number of likely N-dealkylation sites (tertiary alicyclic amines) is 1. The molecule has 1 saturated heterocycles. The number of carbonyl (C=O) groups is 2. The van der Waals surface area contributed by atoms with Gasteiger partial charge in [0.05, 0.1) is 6.54 Å². The van der Waals surface area contributed by atoms with Gasteiger partial charge in [-0.15, -0.1) is 0 Å². The monoisotopic (exact) mass is 277 g/mol. The molecular weight excluding hydrogens is 258 g/mol. The molecule has 20 heavy (non-hydrogen) atoms. The Kier molecular flexibility index (Phi) is 4.39. The Morgan fingerprint density at radius 3 is 2.55 bits per heavy atom. The van der Waals surface area contributed by atoms with Crippen LogP contribution >= 0.6 is 0 Å². The van der Waals surface area contributed by atoms with E-state index in [9.17, 15) is 14.7 Å². The second-order valence-corrected chi connectivity index (χ2v) is 5.06. The van der Waals surface area contributed by atoms with E-state index in [4.69, 9.17) is 4.74 Å². The molecule has 1 aromatic carbocycles. The normalized spacial score (nSPS) is 16.6. The Labute approximate surface area is 118 Å². The number of rotatable bonds is 5. The van der Waals surface area contributed by atoms with Gasteiger partial charge in [-0.1, -0.05) is 12.1 Å². The van der Waals surface area contributed by atoms with Gasteiger partial charge in [-0.3, -0.25) is 14.5 Å². The van der Waals surface area contributed by atoms with Crippen LogP contribution in [-0.4, -0.2) is 41.1 Å². The predicted molar refractivity (Wildman–Crippen MR) is 73.4 cm³/mol. The minimum Gasteiger partial charge on any atom is -0.491 e. The number of ether oxygens (including phenoxy) is 1. The van der Waals surface area contributed by atoms with Crippen molar-refractivity contribution >= 4 is 11.8 Å². The average molecular weight is 277 g/mol. The van der Waals surface area contributed by atoms with Crippen molar-refractivity contribution in [3.8, 4) is 5.75 Å².